The summed E-state index contributed by atoms with van der Waals surface area (Å²) in [4.78, 5) is 11.0. The van der Waals surface area contributed by atoms with Crippen molar-refractivity contribution < 1.29 is 18.3 Å². The minimum Gasteiger partial charge on any atom is -0.481 e. The zero-order valence-corrected chi connectivity index (χ0v) is 13.4. The van der Waals surface area contributed by atoms with Gasteiger partial charge in [0.05, 0.1) is 11.4 Å². The first kappa shape index (κ1) is 16.0. The van der Waals surface area contributed by atoms with E-state index >= 15 is 0 Å². The molecule has 0 atom stereocenters. The maximum absolute atomic E-state index is 12.7. The molecule has 1 saturated heterocycles. The molecule has 0 spiro atoms. The summed E-state index contributed by atoms with van der Waals surface area (Å²) in [5, 5.41) is 13.0. The van der Waals surface area contributed by atoms with Crippen molar-refractivity contribution in [3.63, 3.8) is 0 Å². The zero-order valence-electron chi connectivity index (χ0n) is 12.5. The molecule has 1 aliphatic heterocycles. The van der Waals surface area contributed by atoms with Crippen molar-refractivity contribution in [3.05, 3.63) is 11.4 Å². The number of piperidine rings is 1. The average molecular weight is 315 g/mol. The Hall–Kier alpha value is -1.41. The predicted octanol–water partition coefficient (Wildman–Crippen LogP) is 0.912. The Morgan fingerprint density at radius 1 is 1.33 bits per heavy atom. The molecule has 0 aliphatic carbocycles. The number of carboxylic acids is 1. The van der Waals surface area contributed by atoms with Crippen molar-refractivity contribution in [2.75, 3.05) is 13.1 Å². The van der Waals surface area contributed by atoms with Crippen molar-refractivity contribution in [1.29, 1.82) is 0 Å². The second-order valence-corrected chi connectivity index (χ2v) is 7.44. The van der Waals surface area contributed by atoms with E-state index in [1.807, 2.05) is 0 Å². The van der Waals surface area contributed by atoms with Gasteiger partial charge in [0.2, 0.25) is 10.0 Å². The van der Waals surface area contributed by atoms with Crippen molar-refractivity contribution in [2.45, 2.75) is 38.0 Å². The molecule has 1 aromatic rings. The highest BCUT2D eigenvalue weighted by molar-refractivity contribution is 7.89. The fraction of sp³-hybridized carbons (Fsp3) is 0.692. The highest BCUT2D eigenvalue weighted by Crippen LogP contribution is 2.28. The number of carboxylic acid groups (broad SMARTS) is 1. The molecule has 2 heterocycles. The molecule has 0 radical (unpaired) electrons. The van der Waals surface area contributed by atoms with E-state index in [9.17, 15) is 13.2 Å². The Bertz CT molecular complexity index is 643. The fourth-order valence-corrected chi connectivity index (χ4v) is 4.73. The first-order chi connectivity index (χ1) is 9.73. The van der Waals surface area contributed by atoms with Crippen LogP contribution in [0.15, 0.2) is 4.90 Å². The van der Waals surface area contributed by atoms with Crippen LogP contribution in [0.3, 0.4) is 0 Å². The molecule has 0 aromatic carbocycles. The van der Waals surface area contributed by atoms with Gasteiger partial charge >= 0.3 is 5.97 Å². The summed E-state index contributed by atoms with van der Waals surface area (Å²) >= 11 is 0. The number of hydrogen-bond acceptors (Lipinski definition) is 4. The summed E-state index contributed by atoms with van der Waals surface area (Å²) in [7, 11) is -1.83. The maximum Gasteiger partial charge on any atom is 0.303 e. The van der Waals surface area contributed by atoms with Crippen molar-refractivity contribution >= 4 is 16.0 Å². The molecular formula is C13H21N3O4S. The lowest BCUT2D eigenvalue weighted by Crippen LogP contribution is -2.39. The Kier molecular flexibility index (Phi) is 4.38. The number of hydrogen-bond donors (Lipinski definition) is 1. The van der Waals surface area contributed by atoms with E-state index in [1.54, 1.807) is 25.6 Å². The van der Waals surface area contributed by atoms with E-state index in [-0.39, 0.29) is 17.2 Å². The van der Waals surface area contributed by atoms with Gasteiger partial charge in [0.25, 0.3) is 0 Å². The van der Waals surface area contributed by atoms with Crippen molar-refractivity contribution in [1.82, 2.24) is 14.1 Å². The topological polar surface area (TPSA) is 92.5 Å². The molecule has 21 heavy (non-hydrogen) atoms. The van der Waals surface area contributed by atoms with Gasteiger partial charge in [-0.3, -0.25) is 9.48 Å². The third-order valence-corrected chi connectivity index (χ3v) is 6.23. The van der Waals surface area contributed by atoms with Crippen LogP contribution in [0.5, 0.6) is 0 Å². The summed E-state index contributed by atoms with van der Waals surface area (Å²) in [5.74, 6) is -0.764. The van der Waals surface area contributed by atoms with Gasteiger partial charge in [-0.25, -0.2) is 8.42 Å². The van der Waals surface area contributed by atoms with E-state index in [0.29, 0.717) is 37.3 Å². The highest BCUT2D eigenvalue weighted by Gasteiger charge is 2.33. The average Bonchev–Trinajstić information content (AvgIpc) is 2.63. The number of nitrogens with zero attached hydrogens (tertiary/aromatic N) is 3. The van der Waals surface area contributed by atoms with Crippen LogP contribution < -0.4 is 0 Å². The molecule has 1 aliphatic rings. The standard InChI is InChI=1S/C13H21N3O4S/c1-9-13(10(2)15(3)14-9)21(19,20)16-6-4-11(5-7-16)8-12(17)18/h11H,4-8H2,1-3H3,(H,17,18). The molecule has 118 valence electrons. The first-order valence-electron chi connectivity index (χ1n) is 6.95. The highest BCUT2D eigenvalue weighted by atomic mass is 32.2. The third kappa shape index (κ3) is 3.11. The summed E-state index contributed by atoms with van der Waals surface area (Å²) in [6, 6.07) is 0. The number of aliphatic carboxylic acids is 1. The smallest absolute Gasteiger partial charge is 0.303 e. The molecule has 1 fully saturated rings. The van der Waals surface area contributed by atoms with E-state index in [2.05, 4.69) is 5.10 Å². The second kappa shape index (κ2) is 5.76. The van der Waals surface area contributed by atoms with E-state index in [4.69, 9.17) is 5.11 Å². The lowest BCUT2D eigenvalue weighted by Gasteiger charge is -2.30. The first-order valence-corrected chi connectivity index (χ1v) is 8.39. The van der Waals surface area contributed by atoms with Gasteiger partial charge in [0.1, 0.15) is 4.90 Å². The quantitative estimate of drug-likeness (QED) is 0.891. The van der Waals surface area contributed by atoms with E-state index < -0.39 is 16.0 Å². The lowest BCUT2D eigenvalue weighted by molar-refractivity contribution is -0.138. The van der Waals surface area contributed by atoms with Gasteiger partial charge in [0, 0.05) is 26.6 Å². The number of aromatic nitrogens is 2. The van der Waals surface area contributed by atoms with Crippen LogP contribution in [0.1, 0.15) is 30.7 Å². The van der Waals surface area contributed by atoms with Crippen molar-refractivity contribution in [2.24, 2.45) is 13.0 Å². The number of rotatable bonds is 4. The lowest BCUT2D eigenvalue weighted by atomic mass is 9.95. The van der Waals surface area contributed by atoms with Crippen LogP contribution >= 0.6 is 0 Å². The van der Waals surface area contributed by atoms with Crippen LogP contribution in [0.2, 0.25) is 0 Å². The maximum atomic E-state index is 12.7. The molecule has 0 amide bonds. The molecule has 8 heteroatoms. The molecule has 0 saturated carbocycles. The van der Waals surface area contributed by atoms with Crippen LogP contribution in [0, 0.1) is 19.8 Å². The van der Waals surface area contributed by atoms with E-state index in [0.717, 1.165) is 0 Å². The molecule has 1 aromatic heterocycles. The summed E-state index contributed by atoms with van der Waals surface area (Å²) in [6.07, 6.45) is 1.28. The fourth-order valence-electron chi connectivity index (χ4n) is 2.86. The summed E-state index contributed by atoms with van der Waals surface area (Å²) in [5.41, 5.74) is 1.13. The molecule has 1 N–H and O–H groups in total. The molecular weight excluding hydrogens is 294 g/mol. The zero-order chi connectivity index (χ0) is 15.8. The number of carbonyl (C=O) groups is 1. The molecule has 0 bridgehead atoms. The largest absolute Gasteiger partial charge is 0.481 e. The van der Waals surface area contributed by atoms with Crippen LogP contribution in [0.25, 0.3) is 0 Å². The van der Waals surface area contributed by atoms with Gasteiger partial charge < -0.3 is 5.11 Å². The van der Waals surface area contributed by atoms with Gasteiger partial charge in [-0.05, 0) is 32.6 Å². The normalized spacial score (nSPS) is 18.0. The Morgan fingerprint density at radius 2 is 1.90 bits per heavy atom. The van der Waals surface area contributed by atoms with Crippen LogP contribution in [-0.2, 0) is 21.9 Å². The van der Waals surface area contributed by atoms with Crippen molar-refractivity contribution in [3.8, 4) is 0 Å². The van der Waals surface area contributed by atoms with Crippen LogP contribution in [0.4, 0.5) is 0 Å². The predicted molar refractivity (Wildman–Crippen MR) is 76.4 cm³/mol. The second-order valence-electron chi connectivity index (χ2n) is 5.57. The Balaban J connectivity index is 2.17. The van der Waals surface area contributed by atoms with Gasteiger partial charge in [-0.2, -0.15) is 9.40 Å². The Labute approximate surface area is 124 Å². The van der Waals surface area contributed by atoms with Gasteiger partial charge in [-0.1, -0.05) is 0 Å². The Morgan fingerprint density at radius 3 is 2.33 bits per heavy atom. The molecule has 2 rings (SSSR count). The monoisotopic (exact) mass is 315 g/mol. The molecule has 7 nitrogen and oxygen atoms in total. The minimum absolute atomic E-state index is 0.0602. The number of aryl methyl sites for hydroxylation is 2. The molecule has 0 unspecified atom stereocenters. The van der Waals surface area contributed by atoms with Gasteiger partial charge in [0.15, 0.2) is 0 Å². The third-order valence-electron chi connectivity index (χ3n) is 4.08. The van der Waals surface area contributed by atoms with Crippen LogP contribution in [-0.4, -0.2) is 46.7 Å². The number of sulfonamides is 1. The minimum atomic E-state index is -3.55. The SMILES string of the molecule is Cc1nn(C)c(C)c1S(=O)(=O)N1CCC(CC(=O)O)CC1. The summed E-state index contributed by atoms with van der Waals surface area (Å²) < 4.78 is 28.5. The summed E-state index contributed by atoms with van der Waals surface area (Å²) in [6.45, 7) is 4.17. The van der Waals surface area contributed by atoms with Gasteiger partial charge in [-0.15, -0.1) is 0 Å². The van der Waals surface area contributed by atoms with E-state index in [1.165, 1.54) is 4.31 Å².